The fourth-order valence-electron chi connectivity index (χ4n) is 2.44. The summed E-state index contributed by atoms with van der Waals surface area (Å²) in [5.74, 6) is 0.863. The van der Waals surface area contributed by atoms with Gasteiger partial charge in [0.05, 0.1) is 11.8 Å². The van der Waals surface area contributed by atoms with Crippen LogP contribution in [-0.4, -0.2) is 25.9 Å². The third-order valence-electron chi connectivity index (χ3n) is 3.65. The molecule has 21 heavy (non-hydrogen) atoms. The summed E-state index contributed by atoms with van der Waals surface area (Å²) in [5, 5.41) is 10.8. The van der Waals surface area contributed by atoms with Gasteiger partial charge in [0, 0.05) is 11.4 Å². The van der Waals surface area contributed by atoms with Gasteiger partial charge in [-0.1, -0.05) is 17.7 Å². The summed E-state index contributed by atoms with van der Waals surface area (Å²) < 4.78 is 1.93. The smallest absolute Gasteiger partial charge is 0.234 e. The number of amides is 1. The Balaban J connectivity index is 1.60. The van der Waals surface area contributed by atoms with Crippen LogP contribution in [0.1, 0.15) is 23.9 Å². The lowest BCUT2D eigenvalue weighted by molar-refractivity contribution is -0.120. The maximum atomic E-state index is 12.3. The van der Waals surface area contributed by atoms with Crippen molar-refractivity contribution in [2.75, 3.05) is 0 Å². The van der Waals surface area contributed by atoms with Gasteiger partial charge in [-0.3, -0.25) is 4.79 Å². The van der Waals surface area contributed by atoms with Crippen LogP contribution in [-0.2, 0) is 24.3 Å². The second kappa shape index (κ2) is 5.89. The van der Waals surface area contributed by atoms with E-state index in [2.05, 4.69) is 40.6 Å². The number of benzene rings is 1. The molecule has 1 N–H and O–H groups in total. The standard InChI is InChI=1S/C15H18N4OS/c1-3-19-9-17-18-14(19)8-16-15(20)13-7-11-5-4-10(2)6-12(11)21-13/h4-6,9,13H,3,7-8H2,1-2H3,(H,16,20)/t13-/m0/s1. The normalized spacial score (nSPS) is 16.8. The molecule has 6 heteroatoms. The van der Waals surface area contributed by atoms with Crippen LogP contribution in [0.25, 0.3) is 0 Å². The molecule has 0 fully saturated rings. The first kappa shape index (κ1) is 14.1. The first-order chi connectivity index (χ1) is 10.2. The minimum Gasteiger partial charge on any atom is -0.348 e. The molecule has 2 aromatic rings. The van der Waals surface area contributed by atoms with Gasteiger partial charge < -0.3 is 9.88 Å². The Morgan fingerprint density at radius 1 is 1.52 bits per heavy atom. The van der Waals surface area contributed by atoms with Crippen molar-refractivity contribution < 1.29 is 4.79 Å². The number of aryl methyl sites for hydroxylation is 2. The zero-order chi connectivity index (χ0) is 14.8. The number of hydrogen-bond donors (Lipinski definition) is 1. The summed E-state index contributed by atoms with van der Waals surface area (Å²) in [7, 11) is 0. The van der Waals surface area contributed by atoms with Crippen LogP contribution in [0.15, 0.2) is 29.4 Å². The Morgan fingerprint density at radius 3 is 3.19 bits per heavy atom. The number of carbonyl (C=O) groups is 1. The molecule has 0 aliphatic carbocycles. The highest BCUT2D eigenvalue weighted by atomic mass is 32.2. The summed E-state index contributed by atoms with van der Waals surface area (Å²) in [4.78, 5) is 13.5. The quantitative estimate of drug-likeness (QED) is 0.937. The molecule has 1 aromatic heterocycles. The van der Waals surface area contributed by atoms with Crippen molar-refractivity contribution in [2.45, 2.75) is 43.5 Å². The summed E-state index contributed by atoms with van der Waals surface area (Å²) >= 11 is 1.65. The van der Waals surface area contributed by atoms with E-state index in [4.69, 9.17) is 0 Å². The van der Waals surface area contributed by atoms with Crippen molar-refractivity contribution in [2.24, 2.45) is 0 Å². The predicted octanol–water partition coefficient (Wildman–Crippen LogP) is 1.94. The third kappa shape index (κ3) is 2.95. The molecular formula is C15H18N4OS. The van der Waals surface area contributed by atoms with Gasteiger partial charge in [0.1, 0.15) is 6.33 Å². The van der Waals surface area contributed by atoms with Crippen molar-refractivity contribution in [3.63, 3.8) is 0 Å². The van der Waals surface area contributed by atoms with Gasteiger partial charge in [0.2, 0.25) is 5.91 Å². The molecule has 0 spiro atoms. The van der Waals surface area contributed by atoms with Crippen molar-refractivity contribution >= 4 is 17.7 Å². The van der Waals surface area contributed by atoms with Crippen LogP contribution in [0.2, 0.25) is 0 Å². The number of thioether (sulfide) groups is 1. The van der Waals surface area contributed by atoms with Crippen molar-refractivity contribution in [3.8, 4) is 0 Å². The topological polar surface area (TPSA) is 59.8 Å². The van der Waals surface area contributed by atoms with E-state index in [1.54, 1.807) is 18.1 Å². The van der Waals surface area contributed by atoms with Crippen LogP contribution in [0.5, 0.6) is 0 Å². The number of nitrogens with zero attached hydrogens (tertiary/aromatic N) is 3. The van der Waals surface area contributed by atoms with Crippen LogP contribution in [0.4, 0.5) is 0 Å². The van der Waals surface area contributed by atoms with Gasteiger partial charge >= 0.3 is 0 Å². The van der Waals surface area contributed by atoms with Crippen molar-refractivity contribution in [1.82, 2.24) is 20.1 Å². The molecule has 1 aliphatic rings. The Labute approximate surface area is 128 Å². The first-order valence-corrected chi connectivity index (χ1v) is 7.96. The van der Waals surface area contributed by atoms with E-state index >= 15 is 0 Å². The number of fused-ring (bicyclic) bond motifs is 1. The van der Waals surface area contributed by atoms with Gasteiger partial charge in [-0.2, -0.15) is 0 Å². The fraction of sp³-hybridized carbons (Fsp3) is 0.400. The van der Waals surface area contributed by atoms with Gasteiger partial charge in [-0.15, -0.1) is 22.0 Å². The number of carbonyl (C=O) groups excluding carboxylic acids is 1. The molecule has 1 atom stereocenters. The van der Waals surface area contributed by atoms with E-state index in [1.807, 2.05) is 11.5 Å². The lowest BCUT2D eigenvalue weighted by Gasteiger charge is -2.10. The minimum absolute atomic E-state index is 0.0419. The second-order valence-electron chi connectivity index (χ2n) is 5.17. The van der Waals surface area contributed by atoms with E-state index in [0.29, 0.717) is 6.54 Å². The Hall–Kier alpha value is -1.82. The molecule has 1 amide bonds. The van der Waals surface area contributed by atoms with Gasteiger partial charge in [0.25, 0.3) is 0 Å². The number of aromatic nitrogens is 3. The van der Waals surface area contributed by atoms with Crippen LogP contribution < -0.4 is 5.32 Å². The van der Waals surface area contributed by atoms with Crippen molar-refractivity contribution in [3.05, 3.63) is 41.5 Å². The molecule has 0 saturated heterocycles. The monoisotopic (exact) mass is 302 g/mol. The fourth-order valence-corrected chi connectivity index (χ4v) is 3.76. The van der Waals surface area contributed by atoms with E-state index < -0.39 is 0 Å². The number of hydrogen-bond acceptors (Lipinski definition) is 4. The number of nitrogens with one attached hydrogen (secondary N) is 1. The van der Waals surface area contributed by atoms with Gasteiger partial charge in [-0.25, -0.2) is 0 Å². The maximum absolute atomic E-state index is 12.3. The molecule has 2 heterocycles. The van der Waals surface area contributed by atoms with E-state index in [0.717, 1.165) is 18.8 Å². The average Bonchev–Trinajstić information content (AvgIpc) is 3.10. The predicted molar refractivity (Wildman–Crippen MR) is 82.1 cm³/mol. The number of rotatable bonds is 4. The molecule has 1 aromatic carbocycles. The largest absolute Gasteiger partial charge is 0.348 e. The first-order valence-electron chi connectivity index (χ1n) is 7.08. The molecule has 0 radical (unpaired) electrons. The molecule has 0 saturated carbocycles. The summed E-state index contributed by atoms with van der Waals surface area (Å²) in [6, 6.07) is 6.38. The van der Waals surface area contributed by atoms with Crippen LogP contribution >= 0.6 is 11.8 Å². The van der Waals surface area contributed by atoms with Gasteiger partial charge in [-0.05, 0) is 31.9 Å². The maximum Gasteiger partial charge on any atom is 0.234 e. The lowest BCUT2D eigenvalue weighted by Crippen LogP contribution is -2.32. The highest BCUT2D eigenvalue weighted by molar-refractivity contribution is 8.01. The Morgan fingerprint density at radius 2 is 2.38 bits per heavy atom. The molecule has 5 nitrogen and oxygen atoms in total. The molecule has 3 rings (SSSR count). The van der Waals surface area contributed by atoms with Crippen molar-refractivity contribution in [1.29, 1.82) is 0 Å². The highest BCUT2D eigenvalue weighted by Crippen LogP contribution is 2.37. The molecule has 110 valence electrons. The lowest BCUT2D eigenvalue weighted by atomic mass is 10.1. The molecule has 0 unspecified atom stereocenters. The Kier molecular flexibility index (Phi) is 3.96. The average molecular weight is 302 g/mol. The summed E-state index contributed by atoms with van der Waals surface area (Å²) in [6.45, 7) is 5.34. The zero-order valence-corrected chi connectivity index (χ0v) is 13.0. The van der Waals surface area contributed by atoms with Crippen LogP contribution in [0, 0.1) is 6.92 Å². The molecule has 0 bridgehead atoms. The SMILES string of the molecule is CCn1cnnc1CNC(=O)[C@@H]1Cc2ccc(C)cc2S1. The van der Waals surface area contributed by atoms with E-state index in [-0.39, 0.29) is 11.2 Å². The summed E-state index contributed by atoms with van der Waals surface area (Å²) in [6.07, 6.45) is 2.48. The van der Waals surface area contributed by atoms with Gasteiger partial charge in [0.15, 0.2) is 5.82 Å². The molecule has 1 aliphatic heterocycles. The van der Waals surface area contributed by atoms with E-state index in [1.165, 1.54) is 16.0 Å². The van der Waals surface area contributed by atoms with E-state index in [9.17, 15) is 4.79 Å². The summed E-state index contributed by atoms with van der Waals surface area (Å²) in [5.41, 5.74) is 2.50. The highest BCUT2D eigenvalue weighted by Gasteiger charge is 2.28. The Bertz CT molecular complexity index is 667. The molecular weight excluding hydrogens is 284 g/mol. The zero-order valence-electron chi connectivity index (χ0n) is 12.2. The third-order valence-corrected chi connectivity index (χ3v) is 4.95. The minimum atomic E-state index is -0.0419. The second-order valence-corrected chi connectivity index (χ2v) is 6.42. The van der Waals surface area contributed by atoms with Crippen LogP contribution in [0.3, 0.4) is 0 Å².